The largest absolute Gasteiger partial charge is 0.353 e. The van der Waals surface area contributed by atoms with Gasteiger partial charge in [0, 0.05) is 11.1 Å². The predicted octanol–water partition coefficient (Wildman–Crippen LogP) is 3.92. The molecule has 2 nitrogen and oxygen atoms in total. The fraction of sp³-hybridized carbons (Fsp3) is 0.571. The molecule has 0 aromatic heterocycles. The molecular weight excluding hydrogens is 280 g/mol. The molecule has 1 saturated heterocycles. The van der Waals surface area contributed by atoms with Gasteiger partial charge in [-0.25, -0.2) is 0 Å². The number of rotatable bonds is 5. The minimum atomic E-state index is 0.0475. The van der Waals surface area contributed by atoms with E-state index >= 15 is 0 Å². The Morgan fingerprint density at radius 2 is 2.29 bits per heavy atom. The van der Waals surface area contributed by atoms with Gasteiger partial charge in [0.05, 0.1) is 6.61 Å². The normalized spacial score (nSPS) is 20.4. The van der Waals surface area contributed by atoms with E-state index in [9.17, 15) is 0 Å². The Morgan fingerprint density at radius 1 is 1.35 bits per heavy atom. The zero-order chi connectivity index (χ0) is 11.9. The first-order valence-electron chi connectivity index (χ1n) is 6.32. The Hall–Kier alpha value is -0.380. The van der Waals surface area contributed by atoms with Crippen LogP contribution in [0.25, 0.3) is 0 Å². The van der Waals surface area contributed by atoms with E-state index in [-0.39, 0.29) is 6.29 Å². The van der Waals surface area contributed by atoms with Gasteiger partial charge in [0.2, 0.25) is 0 Å². The van der Waals surface area contributed by atoms with E-state index in [1.165, 1.54) is 18.4 Å². The molecule has 1 atom stereocenters. The van der Waals surface area contributed by atoms with Gasteiger partial charge in [0.15, 0.2) is 6.29 Å². The van der Waals surface area contributed by atoms with Gasteiger partial charge in [0.1, 0.15) is 0 Å². The maximum atomic E-state index is 5.70. The predicted molar refractivity (Wildman–Crippen MR) is 72.0 cm³/mol. The first-order valence-corrected chi connectivity index (χ1v) is 7.11. The highest BCUT2D eigenvalue weighted by molar-refractivity contribution is 9.10. The number of hydrogen-bond donors (Lipinski definition) is 0. The first-order chi connectivity index (χ1) is 8.34. The highest BCUT2D eigenvalue weighted by Gasteiger charge is 2.13. The Balaban J connectivity index is 1.62. The van der Waals surface area contributed by atoms with Crippen molar-refractivity contribution in [3.63, 3.8) is 0 Å². The third kappa shape index (κ3) is 4.78. The number of aryl methyl sites for hydroxylation is 1. The molecule has 0 radical (unpaired) electrons. The molecule has 1 heterocycles. The molecule has 1 aromatic carbocycles. The molecule has 1 aliphatic heterocycles. The Kier molecular flexibility index (Phi) is 5.49. The van der Waals surface area contributed by atoms with Crippen LogP contribution in [0, 0.1) is 0 Å². The lowest BCUT2D eigenvalue weighted by Gasteiger charge is -2.22. The van der Waals surface area contributed by atoms with Crippen molar-refractivity contribution in [2.45, 2.75) is 38.4 Å². The Morgan fingerprint density at radius 3 is 3.06 bits per heavy atom. The molecule has 0 aliphatic carbocycles. The van der Waals surface area contributed by atoms with E-state index in [1.54, 1.807) is 0 Å². The van der Waals surface area contributed by atoms with Crippen molar-refractivity contribution in [3.8, 4) is 0 Å². The third-order valence-electron chi connectivity index (χ3n) is 2.94. The molecule has 0 saturated carbocycles. The first kappa shape index (κ1) is 13.1. The highest BCUT2D eigenvalue weighted by atomic mass is 79.9. The maximum absolute atomic E-state index is 5.70. The molecule has 1 aromatic rings. The summed E-state index contributed by atoms with van der Waals surface area (Å²) in [4.78, 5) is 0. The summed E-state index contributed by atoms with van der Waals surface area (Å²) in [7, 11) is 0. The molecule has 3 heteroatoms. The molecular formula is C14H19BrO2. The van der Waals surface area contributed by atoms with E-state index in [1.807, 2.05) is 0 Å². The number of benzene rings is 1. The average Bonchev–Trinajstić information content (AvgIpc) is 2.36. The van der Waals surface area contributed by atoms with Crippen LogP contribution in [0.1, 0.15) is 31.2 Å². The van der Waals surface area contributed by atoms with E-state index in [2.05, 4.69) is 40.2 Å². The van der Waals surface area contributed by atoms with Gasteiger partial charge in [-0.2, -0.15) is 0 Å². The van der Waals surface area contributed by atoms with Gasteiger partial charge >= 0.3 is 0 Å². The fourth-order valence-electron chi connectivity index (χ4n) is 2.03. The molecule has 0 amide bonds. The lowest BCUT2D eigenvalue weighted by molar-refractivity contribution is -0.162. The summed E-state index contributed by atoms with van der Waals surface area (Å²) in [5, 5.41) is 0. The maximum Gasteiger partial charge on any atom is 0.157 e. The Labute approximate surface area is 111 Å². The van der Waals surface area contributed by atoms with Crippen LogP contribution in [-0.4, -0.2) is 19.5 Å². The minimum Gasteiger partial charge on any atom is -0.353 e. The number of hydrogen-bond acceptors (Lipinski definition) is 2. The summed E-state index contributed by atoms with van der Waals surface area (Å²) < 4.78 is 12.4. The van der Waals surface area contributed by atoms with Crippen molar-refractivity contribution in [2.75, 3.05) is 13.2 Å². The molecule has 0 bridgehead atoms. The summed E-state index contributed by atoms with van der Waals surface area (Å²) in [5.74, 6) is 0. The van der Waals surface area contributed by atoms with Crippen LogP contribution >= 0.6 is 15.9 Å². The van der Waals surface area contributed by atoms with Crippen molar-refractivity contribution in [2.24, 2.45) is 0 Å². The van der Waals surface area contributed by atoms with Crippen molar-refractivity contribution in [3.05, 3.63) is 34.3 Å². The van der Waals surface area contributed by atoms with Gasteiger partial charge in [0.25, 0.3) is 0 Å². The van der Waals surface area contributed by atoms with Gasteiger partial charge in [-0.1, -0.05) is 28.1 Å². The molecule has 0 N–H and O–H groups in total. The van der Waals surface area contributed by atoms with Crippen molar-refractivity contribution < 1.29 is 9.47 Å². The van der Waals surface area contributed by atoms with Crippen LogP contribution in [-0.2, 0) is 15.9 Å². The number of ether oxygens (including phenoxy) is 2. The summed E-state index contributed by atoms with van der Waals surface area (Å²) in [6.45, 7) is 1.65. The molecule has 94 valence electrons. The lowest BCUT2D eigenvalue weighted by Crippen LogP contribution is -2.22. The van der Waals surface area contributed by atoms with Crippen molar-refractivity contribution in [1.29, 1.82) is 0 Å². The zero-order valence-corrected chi connectivity index (χ0v) is 11.6. The van der Waals surface area contributed by atoms with Gasteiger partial charge < -0.3 is 9.47 Å². The standard InChI is InChI=1S/C14H19BrO2/c15-13-7-3-5-12(11-13)6-4-10-17-14-8-1-2-9-16-14/h3,5,7,11,14H,1-2,4,6,8-10H2/t14-/m1/s1. The molecule has 0 spiro atoms. The topological polar surface area (TPSA) is 18.5 Å². The third-order valence-corrected chi connectivity index (χ3v) is 3.43. The second-order valence-corrected chi connectivity index (χ2v) is 5.32. The van der Waals surface area contributed by atoms with Gasteiger partial charge in [-0.15, -0.1) is 0 Å². The second kappa shape index (κ2) is 7.14. The van der Waals surface area contributed by atoms with Crippen LogP contribution in [0.15, 0.2) is 28.7 Å². The fourth-order valence-corrected chi connectivity index (χ4v) is 2.47. The van der Waals surface area contributed by atoms with Crippen LogP contribution < -0.4 is 0 Å². The van der Waals surface area contributed by atoms with Crippen molar-refractivity contribution in [1.82, 2.24) is 0 Å². The minimum absolute atomic E-state index is 0.0475. The molecule has 1 fully saturated rings. The molecule has 0 unspecified atom stereocenters. The molecule has 2 rings (SSSR count). The van der Waals surface area contributed by atoms with Crippen LogP contribution in [0.3, 0.4) is 0 Å². The van der Waals surface area contributed by atoms with E-state index in [4.69, 9.17) is 9.47 Å². The van der Waals surface area contributed by atoms with E-state index in [0.29, 0.717) is 0 Å². The SMILES string of the molecule is Brc1cccc(CCCO[C@@H]2CCCCO2)c1. The smallest absolute Gasteiger partial charge is 0.157 e. The quantitative estimate of drug-likeness (QED) is 0.767. The summed E-state index contributed by atoms with van der Waals surface area (Å²) in [5.41, 5.74) is 1.35. The molecule has 17 heavy (non-hydrogen) atoms. The van der Waals surface area contributed by atoms with E-state index < -0.39 is 0 Å². The number of halogens is 1. The zero-order valence-electron chi connectivity index (χ0n) is 10.0. The monoisotopic (exact) mass is 298 g/mol. The van der Waals surface area contributed by atoms with Crippen LogP contribution in [0.2, 0.25) is 0 Å². The van der Waals surface area contributed by atoms with Crippen molar-refractivity contribution >= 4 is 15.9 Å². The summed E-state index contributed by atoms with van der Waals surface area (Å²) >= 11 is 3.48. The summed E-state index contributed by atoms with van der Waals surface area (Å²) in [6, 6.07) is 8.44. The van der Waals surface area contributed by atoms with E-state index in [0.717, 1.165) is 36.9 Å². The highest BCUT2D eigenvalue weighted by Crippen LogP contribution is 2.15. The Bertz CT molecular complexity index is 335. The molecule has 1 aliphatic rings. The second-order valence-electron chi connectivity index (χ2n) is 4.40. The van der Waals surface area contributed by atoms with Gasteiger partial charge in [-0.3, -0.25) is 0 Å². The lowest BCUT2D eigenvalue weighted by atomic mass is 10.1. The van der Waals surface area contributed by atoms with Crippen LogP contribution in [0.5, 0.6) is 0 Å². The van der Waals surface area contributed by atoms with Gasteiger partial charge in [-0.05, 0) is 49.8 Å². The summed E-state index contributed by atoms with van der Waals surface area (Å²) in [6.07, 6.45) is 5.62. The average molecular weight is 299 g/mol. The van der Waals surface area contributed by atoms with Crippen LogP contribution in [0.4, 0.5) is 0 Å².